The first kappa shape index (κ1) is 15.2. The lowest BCUT2D eigenvalue weighted by atomic mass is 10.1. The van der Waals surface area contributed by atoms with Crippen LogP contribution < -0.4 is 11.1 Å². The predicted octanol–water partition coefficient (Wildman–Crippen LogP) is 2.08. The van der Waals surface area contributed by atoms with Gasteiger partial charge >= 0.3 is 0 Å². The Labute approximate surface area is 124 Å². The summed E-state index contributed by atoms with van der Waals surface area (Å²) in [5, 5.41) is 11.8. The summed E-state index contributed by atoms with van der Waals surface area (Å²) in [6, 6.07) is 16.5. The van der Waals surface area contributed by atoms with E-state index in [4.69, 9.17) is 10.8 Å². The number of nitrogens with two attached hydrogens (primary N) is 1. The van der Waals surface area contributed by atoms with Crippen LogP contribution in [0.5, 0.6) is 0 Å². The molecule has 110 valence electrons. The topological polar surface area (TPSA) is 75.4 Å². The average molecular weight is 284 g/mol. The van der Waals surface area contributed by atoms with E-state index in [9.17, 15) is 4.79 Å². The van der Waals surface area contributed by atoms with Crippen molar-refractivity contribution in [2.75, 3.05) is 5.32 Å². The number of nitrogens with one attached hydrogen (secondary N) is 1. The lowest BCUT2D eigenvalue weighted by molar-refractivity contribution is -0.117. The number of amides is 1. The molecular formula is C17H20N2O2. The maximum absolute atomic E-state index is 12.0. The van der Waals surface area contributed by atoms with Gasteiger partial charge < -0.3 is 16.2 Å². The predicted molar refractivity (Wildman–Crippen MR) is 83.7 cm³/mol. The second kappa shape index (κ2) is 7.57. The molecule has 1 atom stereocenters. The van der Waals surface area contributed by atoms with Crippen LogP contribution >= 0.6 is 0 Å². The third-order valence-electron chi connectivity index (χ3n) is 3.33. The normalized spacial score (nSPS) is 11.9. The summed E-state index contributed by atoms with van der Waals surface area (Å²) in [6.45, 7) is -0.00911. The minimum Gasteiger partial charge on any atom is -0.392 e. The molecule has 4 nitrogen and oxygen atoms in total. The van der Waals surface area contributed by atoms with Crippen LogP contribution in [0, 0.1) is 0 Å². The Bertz CT molecular complexity index is 567. The Morgan fingerprint density at radius 3 is 2.33 bits per heavy atom. The third kappa shape index (κ3) is 4.70. The molecule has 0 radical (unpaired) electrons. The molecule has 2 rings (SSSR count). The van der Waals surface area contributed by atoms with Gasteiger partial charge in [-0.2, -0.15) is 0 Å². The highest BCUT2D eigenvalue weighted by atomic mass is 16.3. The number of aryl methyl sites for hydroxylation is 1. The number of anilines is 1. The Kier molecular flexibility index (Phi) is 5.49. The lowest BCUT2D eigenvalue weighted by Gasteiger charge is -2.12. The van der Waals surface area contributed by atoms with E-state index in [0.29, 0.717) is 12.1 Å². The van der Waals surface area contributed by atoms with E-state index < -0.39 is 6.04 Å². The minimum absolute atomic E-state index is 0.00911. The van der Waals surface area contributed by atoms with Crippen LogP contribution in [0.1, 0.15) is 17.5 Å². The number of carbonyl (C=O) groups excluding carboxylic acids is 1. The van der Waals surface area contributed by atoms with Crippen LogP contribution in [0.4, 0.5) is 5.69 Å². The minimum atomic E-state index is -0.539. The molecule has 2 aromatic carbocycles. The third-order valence-corrected chi connectivity index (χ3v) is 3.33. The van der Waals surface area contributed by atoms with Crippen molar-refractivity contribution in [2.45, 2.75) is 25.5 Å². The molecule has 0 saturated heterocycles. The number of aliphatic hydroxyl groups is 1. The van der Waals surface area contributed by atoms with Gasteiger partial charge in [-0.3, -0.25) is 4.79 Å². The Morgan fingerprint density at radius 2 is 1.71 bits per heavy atom. The van der Waals surface area contributed by atoms with Crippen molar-refractivity contribution in [3.8, 4) is 0 Å². The number of hydrogen-bond donors (Lipinski definition) is 3. The highest BCUT2D eigenvalue weighted by Crippen LogP contribution is 2.11. The molecule has 0 aromatic heterocycles. The molecule has 0 heterocycles. The molecule has 4 N–H and O–H groups in total. The van der Waals surface area contributed by atoms with Gasteiger partial charge in [0, 0.05) is 5.69 Å². The van der Waals surface area contributed by atoms with Crippen molar-refractivity contribution < 1.29 is 9.90 Å². The van der Waals surface area contributed by atoms with Gasteiger partial charge in [-0.05, 0) is 36.1 Å². The van der Waals surface area contributed by atoms with Gasteiger partial charge in [0.05, 0.1) is 12.6 Å². The number of aliphatic hydroxyl groups excluding tert-OH is 1. The van der Waals surface area contributed by atoms with Gasteiger partial charge in [-0.15, -0.1) is 0 Å². The lowest BCUT2D eigenvalue weighted by Crippen LogP contribution is -2.36. The molecule has 4 heteroatoms. The zero-order chi connectivity index (χ0) is 15.1. The summed E-state index contributed by atoms with van der Waals surface area (Å²) in [5.41, 5.74) is 8.59. The zero-order valence-electron chi connectivity index (χ0n) is 11.8. The summed E-state index contributed by atoms with van der Waals surface area (Å²) in [4.78, 5) is 12.0. The van der Waals surface area contributed by atoms with Gasteiger partial charge in [0.25, 0.3) is 0 Å². The van der Waals surface area contributed by atoms with E-state index in [1.165, 1.54) is 5.56 Å². The fourth-order valence-electron chi connectivity index (χ4n) is 2.03. The van der Waals surface area contributed by atoms with Gasteiger partial charge in [-0.1, -0.05) is 42.5 Å². The standard InChI is InChI=1S/C17H20N2O2/c18-16(11-8-13-4-2-1-3-5-13)17(21)19-15-9-6-14(12-20)7-10-15/h1-7,9-10,16,20H,8,11-12,18H2,(H,19,21). The molecule has 0 aliphatic carbocycles. The summed E-state index contributed by atoms with van der Waals surface area (Å²) in [6.07, 6.45) is 1.38. The quantitative estimate of drug-likeness (QED) is 0.760. The van der Waals surface area contributed by atoms with Crippen molar-refractivity contribution in [3.63, 3.8) is 0 Å². The first-order chi connectivity index (χ1) is 10.2. The maximum atomic E-state index is 12.0. The molecule has 0 aliphatic heterocycles. The van der Waals surface area contributed by atoms with E-state index >= 15 is 0 Å². The van der Waals surface area contributed by atoms with Gasteiger partial charge in [0.15, 0.2) is 0 Å². The SMILES string of the molecule is NC(CCc1ccccc1)C(=O)Nc1ccc(CO)cc1. The molecule has 0 bridgehead atoms. The molecule has 1 amide bonds. The van der Waals surface area contributed by atoms with E-state index in [0.717, 1.165) is 12.0 Å². The Balaban J connectivity index is 1.84. The first-order valence-electron chi connectivity index (χ1n) is 6.99. The summed E-state index contributed by atoms with van der Waals surface area (Å²) >= 11 is 0. The van der Waals surface area contributed by atoms with E-state index in [-0.39, 0.29) is 12.5 Å². The molecule has 0 saturated carbocycles. The second-order valence-electron chi connectivity index (χ2n) is 4.98. The largest absolute Gasteiger partial charge is 0.392 e. The molecule has 0 spiro atoms. The Morgan fingerprint density at radius 1 is 1.05 bits per heavy atom. The van der Waals surface area contributed by atoms with Crippen LogP contribution in [0.25, 0.3) is 0 Å². The van der Waals surface area contributed by atoms with Gasteiger partial charge in [0.1, 0.15) is 0 Å². The van der Waals surface area contributed by atoms with Crippen LogP contribution in [0.15, 0.2) is 54.6 Å². The van der Waals surface area contributed by atoms with Gasteiger partial charge in [0.2, 0.25) is 5.91 Å². The number of rotatable bonds is 6. The van der Waals surface area contributed by atoms with Crippen molar-refractivity contribution >= 4 is 11.6 Å². The van der Waals surface area contributed by atoms with Crippen LogP contribution in [0.3, 0.4) is 0 Å². The molecule has 0 aliphatic rings. The maximum Gasteiger partial charge on any atom is 0.241 e. The monoisotopic (exact) mass is 284 g/mol. The molecule has 0 fully saturated rings. The molecule has 21 heavy (non-hydrogen) atoms. The summed E-state index contributed by atoms with van der Waals surface area (Å²) in [5.74, 6) is -0.192. The number of benzene rings is 2. The average Bonchev–Trinajstić information content (AvgIpc) is 2.54. The molecule has 2 aromatic rings. The fourth-order valence-corrected chi connectivity index (χ4v) is 2.03. The highest BCUT2D eigenvalue weighted by Gasteiger charge is 2.13. The van der Waals surface area contributed by atoms with Crippen molar-refractivity contribution in [1.82, 2.24) is 0 Å². The smallest absolute Gasteiger partial charge is 0.241 e. The number of hydrogen-bond acceptors (Lipinski definition) is 3. The molecular weight excluding hydrogens is 264 g/mol. The summed E-state index contributed by atoms with van der Waals surface area (Å²) in [7, 11) is 0. The second-order valence-corrected chi connectivity index (χ2v) is 4.98. The highest BCUT2D eigenvalue weighted by molar-refractivity contribution is 5.94. The van der Waals surface area contributed by atoms with Gasteiger partial charge in [-0.25, -0.2) is 0 Å². The fraction of sp³-hybridized carbons (Fsp3) is 0.235. The van der Waals surface area contributed by atoms with Crippen molar-refractivity contribution in [3.05, 3.63) is 65.7 Å². The van der Waals surface area contributed by atoms with E-state index in [1.807, 2.05) is 30.3 Å². The first-order valence-corrected chi connectivity index (χ1v) is 6.99. The number of carbonyl (C=O) groups is 1. The van der Waals surface area contributed by atoms with Crippen LogP contribution in [-0.4, -0.2) is 17.1 Å². The zero-order valence-corrected chi connectivity index (χ0v) is 11.8. The van der Waals surface area contributed by atoms with E-state index in [2.05, 4.69) is 5.32 Å². The van der Waals surface area contributed by atoms with Crippen molar-refractivity contribution in [2.24, 2.45) is 5.73 Å². The Hall–Kier alpha value is -2.17. The van der Waals surface area contributed by atoms with Crippen molar-refractivity contribution in [1.29, 1.82) is 0 Å². The van der Waals surface area contributed by atoms with E-state index in [1.54, 1.807) is 24.3 Å². The molecule has 1 unspecified atom stereocenters. The summed E-state index contributed by atoms with van der Waals surface area (Å²) < 4.78 is 0. The van der Waals surface area contributed by atoms with Crippen LogP contribution in [0.2, 0.25) is 0 Å². The van der Waals surface area contributed by atoms with Crippen LogP contribution in [-0.2, 0) is 17.8 Å².